The Labute approximate surface area is 156 Å². The highest BCUT2D eigenvalue weighted by molar-refractivity contribution is 5.97. The first kappa shape index (κ1) is 16.7. The summed E-state index contributed by atoms with van der Waals surface area (Å²) in [5, 5.41) is 7.66. The highest BCUT2D eigenvalue weighted by Crippen LogP contribution is 2.19. The maximum absolute atomic E-state index is 12.9. The Balaban J connectivity index is 1.69. The minimum Gasteiger partial charge on any atom is -0.350 e. The molecule has 6 nitrogen and oxygen atoms in total. The van der Waals surface area contributed by atoms with Gasteiger partial charge in [0.1, 0.15) is 0 Å². The second-order valence-electron chi connectivity index (χ2n) is 5.92. The summed E-state index contributed by atoms with van der Waals surface area (Å²) < 4.78 is 1.31. The molecule has 0 fully saturated rings. The molecule has 4 aromatic rings. The Morgan fingerprint density at radius 3 is 2.26 bits per heavy atom. The van der Waals surface area contributed by atoms with Crippen LogP contribution in [0.4, 0.5) is 5.95 Å². The molecule has 0 saturated carbocycles. The molecule has 2 heterocycles. The summed E-state index contributed by atoms with van der Waals surface area (Å²) in [5.74, 6) is 0.635. The monoisotopic (exact) mass is 355 g/mol. The van der Waals surface area contributed by atoms with E-state index in [4.69, 9.17) is 0 Å². The van der Waals surface area contributed by atoms with Gasteiger partial charge in [0.15, 0.2) is 5.82 Å². The standard InChI is InChI=1S/C21H17N5O/c27-20(18-9-5-2-6-10-18)26-21(23-15-16-7-3-1-4-8-16)24-19(25-26)17-11-13-22-14-12-17/h1-14H,15H2,(H,23,24,25). The molecule has 0 amide bonds. The molecule has 132 valence electrons. The van der Waals surface area contributed by atoms with Crippen molar-refractivity contribution in [3.63, 3.8) is 0 Å². The third-order valence-corrected chi connectivity index (χ3v) is 4.05. The molecule has 0 spiro atoms. The van der Waals surface area contributed by atoms with Crippen LogP contribution in [0.2, 0.25) is 0 Å². The Morgan fingerprint density at radius 1 is 0.889 bits per heavy atom. The van der Waals surface area contributed by atoms with E-state index in [2.05, 4.69) is 20.4 Å². The molecular formula is C21H17N5O. The molecule has 0 radical (unpaired) electrons. The zero-order chi connectivity index (χ0) is 18.5. The molecule has 2 aromatic carbocycles. The smallest absolute Gasteiger partial charge is 0.281 e. The lowest BCUT2D eigenvalue weighted by molar-refractivity contribution is 0.0947. The molecule has 27 heavy (non-hydrogen) atoms. The molecule has 0 aliphatic heterocycles. The van der Waals surface area contributed by atoms with Crippen LogP contribution in [-0.2, 0) is 6.54 Å². The number of aromatic nitrogens is 4. The quantitative estimate of drug-likeness (QED) is 0.592. The van der Waals surface area contributed by atoms with Crippen LogP contribution in [0, 0.1) is 0 Å². The van der Waals surface area contributed by atoms with Gasteiger partial charge in [0, 0.05) is 30.1 Å². The second-order valence-corrected chi connectivity index (χ2v) is 5.92. The minimum absolute atomic E-state index is 0.237. The summed E-state index contributed by atoms with van der Waals surface area (Å²) in [6.07, 6.45) is 3.35. The van der Waals surface area contributed by atoms with Crippen molar-refractivity contribution >= 4 is 11.9 Å². The van der Waals surface area contributed by atoms with Gasteiger partial charge < -0.3 is 5.32 Å². The van der Waals surface area contributed by atoms with E-state index in [1.165, 1.54) is 4.68 Å². The summed E-state index contributed by atoms with van der Waals surface area (Å²) in [6.45, 7) is 0.539. The van der Waals surface area contributed by atoms with Crippen molar-refractivity contribution in [2.45, 2.75) is 6.54 Å². The lowest BCUT2D eigenvalue weighted by Gasteiger charge is -2.07. The largest absolute Gasteiger partial charge is 0.350 e. The summed E-state index contributed by atoms with van der Waals surface area (Å²) in [7, 11) is 0. The van der Waals surface area contributed by atoms with E-state index in [0.717, 1.165) is 11.1 Å². The number of carbonyl (C=O) groups excluding carboxylic acids is 1. The van der Waals surface area contributed by atoms with E-state index in [0.29, 0.717) is 23.9 Å². The summed E-state index contributed by atoms with van der Waals surface area (Å²) in [6, 6.07) is 22.6. The zero-order valence-electron chi connectivity index (χ0n) is 14.5. The topological polar surface area (TPSA) is 72.7 Å². The average Bonchev–Trinajstić information content (AvgIpc) is 3.18. The Morgan fingerprint density at radius 2 is 1.56 bits per heavy atom. The van der Waals surface area contributed by atoms with Crippen LogP contribution in [0.25, 0.3) is 11.4 Å². The molecule has 0 saturated heterocycles. The summed E-state index contributed by atoms with van der Waals surface area (Å²) >= 11 is 0. The maximum Gasteiger partial charge on any atom is 0.281 e. The highest BCUT2D eigenvalue weighted by Gasteiger charge is 2.18. The number of nitrogens with zero attached hydrogens (tertiary/aromatic N) is 4. The Bertz CT molecular complexity index is 1030. The summed E-state index contributed by atoms with van der Waals surface area (Å²) in [4.78, 5) is 21.5. The molecule has 0 aliphatic carbocycles. The third-order valence-electron chi connectivity index (χ3n) is 4.05. The van der Waals surface area contributed by atoms with Gasteiger partial charge in [-0.15, -0.1) is 5.10 Å². The van der Waals surface area contributed by atoms with Crippen LogP contribution in [0.3, 0.4) is 0 Å². The zero-order valence-corrected chi connectivity index (χ0v) is 14.5. The van der Waals surface area contributed by atoms with E-state index in [1.54, 1.807) is 24.5 Å². The SMILES string of the molecule is O=C(c1ccccc1)n1nc(-c2ccncc2)nc1NCc1ccccc1. The number of hydrogen-bond acceptors (Lipinski definition) is 5. The number of nitrogens with one attached hydrogen (secondary N) is 1. The number of anilines is 1. The van der Waals surface area contributed by atoms with E-state index < -0.39 is 0 Å². The fourth-order valence-corrected chi connectivity index (χ4v) is 2.67. The van der Waals surface area contributed by atoms with Crippen LogP contribution in [-0.4, -0.2) is 25.7 Å². The van der Waals surface area contributed by atoms with E-state index in [-0.39, 0.29) is 5.91 Å². The van der Waals surface area contributed by atoms with Crippen molar-refractivity contribution in [3.05, 3.63) is 96.3 Å². The number of hydrogen-bond donors (Lipinski definition) is 1. The van der Waals surface area contributed by atoms with Crippen molar-refractivity contribution in [2.75, 3.05) is 5.32 Å². The molecule has 6 heteroatoms. The Kier molecular flexibility index (Phi) is 4.70. The van der Waals surface area contributed by atoms with Gasteiger partial charge in [-0.2, -0.15) is 9.67 Å². The van der Waals surface area contributed by atoms with Gasteiger partial charge in [-0.05, 0) is 29.8 Å². The number of pyridine rings is 1. The Hall–Kier alpha value is -3.80. The fourth-order valence-electron chi connectivity index (χ4n) is 2.67. The van der Waals surface area contributed by atoms with Gasteiger partial charge >= 0.3 is 0 Å². The lowest BCUT2D eigenvalue weighted by Crippen LogP contribution is -2.17. The predicted octanol–water partition coefficient (Wildman–Crippen LogP) is 3.64. The van der Waals surface area contributed by atoms with Crippen molar-refractivity contribution in [1.82, 2.24) is 19.7 Å². The first-order valence-electron chi connectivity index (χ1n) is 8.56. The highest BCUT2D eigenvalue weighted by atomic mass is 16.2. The number of benzene rings is 2. The van der Waals surface area contributed by atoms with Crippen LogP contribution in [0.5, 0.6) is 0 Å². The first-order valence-corrected chi connectivity index (χ1v) is 8.56. The molecule has 0 unspecified atom stereocenters. The molecule has 0 atom stereocenters. The number of rotatable bonds is 5. The van der Waals surface area contributed by atoms with E-state index >= 15 is 0 Å². The lowest BCUT2D eigenvalue weighted by atomic mass is 10.2. The second kappa shape index (κ2) is 7.61. The number of carbonyl (C=O) groups is 1. The van der Waals surface area contributed by atoms with Gasteiger partial charge in [0.05, 0.1) is 0 Å². The van der Waals surface area contributed by atoms with Crippen LogP contribution in [0.15, 0.2) is 85.2 Å². The van der Waals surface area contributed by atoms with Gasteiger partial charge in [-0.25, -0.2) is 0 Å². The predicted molar refractivity (Wildman–Crippen MR) is 103 cm³/mol. The summed E-state index contributed by atoms with van der Waals surface area (Å²) in [5.41, 5.74) is 2.43. The first-order chi connectivity index (χ1) is 13.3. The van der Waals surface area contributed by atoms with Gasteiger partial charge in [-0.3, -0.25) is 9.78 Å². The molecule has 4 rings (SSSR count). The van der Waals surface area contributed by atoms with Crippen LogP contribution in [0.1, 0.15) is 15.9 Å². The molecule has 1 N–H and O–H groups in total. The molecule has 0 bridgehead atoms. The van der Waals surface area contributed by atoms with Gasteiger partial charge in [-0.1, -0.05) is 48.5 Å². The average molecular weight is 355 g/mol. The van der Waals surface area contributed by atoms with Crippen molar-refractivity contribution in [1.29, 1.82) is 0 Å². The van der Waals surface area contributed by atoms with Gasteiger partial charge in [0.2, 0.25) is 5.95 Å². The van der Waals surface area contributed by atoms with E-state index in [1.807, 2.05) is 60.7 Å². The normalized spacial score (nSPS) is 10.5. The third kappa shape index (κ3) is 3.74. The van der Waals surface area contributed by atoms with Crippen molar-refractivity contribution in [2.24, 2.45) is 0 Å². The fraction of sp³-hybridized carbons (Fsp3) is 0.0476. The van der Waals surface area contributed by atoms with Crippen molar-refractivity contribution < 1.29 is 4.79 Å². The molecule has 2 aromatic heterocycles. The van der Waals surface area contributed by atoms with Crippen LogP contribution < -0.4 is 5.32 Å². The van der Waals surface area contributed by atoms with Gasteiger partial charge in [0.25, 0.3) is 5.91 Å². The maximum atomic E-state index is 12.9. The van der Waals surface area contributed by atoms with Crippen molar-refractivity contribution in [3.8, 4) is 11.4 Å². The minimum atomic E-state index is -0.237. The molecular weight excluding hydrogens is 338 g/mol. The molecule has 0 aliphatic rings. The van der Waals surface area contributed by atoms with Crippen LogP contribution >= 0.6 is 0 Å². The van der Waals surface area contributed by atoms with E-state index in [9.17, 15) is 4.79 Å².